The van der Waals surface area contributed by atoms with E-state index in [0.717, 1.165) is 5.56 Å². The van der Waals surface area contributed by atoms with E-state index >= 15 is 0 Å². The van der Waals surface area contributed by atoms with Crippen molar-refractivity contribution in [1.82, 2.24) is 0 Å². The predicted molar refractivity (Wildman–Crippen MR) is 63.4 cm³/mol. The summed E-state index contributed by atoms with van der Waals surface area (Å²) in [5.41, 5.74) is 1.72. The predicted octanol–water partition coefficient (Wildman–Crippen LogP) is 4.35. The van der Waals surface area contributed by atoms with Gasteiger partial charge in [-0.3, -0.25) is 0 Å². The molecule has 1 rings (SSSR count). The Morgan fingerprint density at radius 2 is 1.50 bits per heavy atom. The number of hydrogen-bond donors (Lipinski definition) is 0. The summed E-state index contributed by atoms with van der Waals surface area (Å²) in [5.74, 6) is 0.506. The van der Waals surface area contributed by atoms with Crippen LogP contribution in [0.5, 0.6) is 0 Å². The van der Waals surface area contributed by atoms with Crippen LogP contribution >= 0.6 is 11.6 Å². The Morgan fingerprint density at radius 1 is 1.07 bits per heavy atom. The van der Waals surface area contributed by atoms with E-state index in [0.29, 0.717) is 11.4 Å². The summed E-state index contributed by atoms with van der Waals surface area (Å²) in [5, 5.41) is 8.42. The van der Waals surface area contributed by atoms with Crippen molar-refractivity contribution in [2.75, 3.05) is 0 Å². The van der Waals surface area contributed by atoms with Crippen LogP contribution in [0.15, 0.2) is 24.3 Å². The molecule has 0 aliphatic carbocycles. The first-order valence-electron chi connectivity index (χ1n) is 4.92. The number of alkyl halides is 1. The van der Waals surface area contributed by atoms with Crippen molar-refractivity contribution in [3.8, 4) is 6.07 Å². The zero-order valence-electron chi connectivity index (χ0n) is 9.34. The third-order valence-corrected chi connectivity index (χ3v) is 1.55. The summed E-state index contributed by atoms with van der Waals surface area (Å²) in [6.07, 6.45) is 0. The fourth-order valence-corrected chi connectivity index (χ4v) is 0.847. The van der Waals surface area contributed by atoms with E-state index in [4.69, 9.17) is 16.9 Å². The smallest absolute Gasteiger partial charge is 0.0991 e. The summed E-state index contributed by atoms with van der Waals surface area (Å²) >= 11 is 5.54. The van der Waals surface area contributed by atoms with Gasteiger partial charge in [-0.25, -0.2) is 0 Å². The lowest BCUT2D eigenvalue weighted by Gasteiger charge is -1.91. The molecule has 0 aliphatic heterocycles. The molecule has 0 aromatic heterocycles. The summed E-state index contributed by atoms with van der Waals surface area (Å²) in [4.78, 5) is 0. The molecule has 0 N–H and O–H groups in total. The van der Waals surface area contributed by atoms with Crippen LogP contribution in [0.1, 0.15) is 38.8 Å². The van der Waals surface area contributed by atoms with Gasteiger partial charge in [0.15, 0.2) is 0 Å². The van der Waals surface area contributed by atoms with Gasteiger partial charge in [-0.05, 0) is 17.7 Å². The largest absolute Gasteiger partial charge is 0.192 e. The Morgan fingerprint density at radius 3 is 1.79 bits per heavy atom. The first kappa shape index (κ1) is 15.5. The maximum atomic E-state index is 8.42. The van der Waals surface area contributed by atoms with E-state index in [1.807, 2.05) is 45.9 Å². The SMILES string of the molecule is CC.CC.N#Cc1ccc(CCl)cc1. The summed E-state index contributed by atoms with van der Waals surface area (Å²) in [6.45, 7) is 8.00. The van der Waals surface area contributed by atoms with Gasteiger partial charge < -0.3 is 0 Å². The number of nitriles is 1. The zero-order valence-corrected chi connectivity index (χ0v) is 10.1. The van der Waals surface area contributed by atoms with Crippen LogP contribution in [0.25, 0.3) is 0 Å². The van der Waals surface area contributed by atoms with Crippen molar-refractivity contribution >= 4 is 11.6 Å². The van der Waals surface area contributed by atoms with E-state index in [1.165, 1.54) is 0 Å². The minimum atomic E-state index is 0.506. The van der Waals surface area contributed by atoms with E-state index in [9.17, 15) is 0 Å². The van der Waals surface area contributed by atoms with Crippen LogP contribution < -0.4 is 0 Å². The summed E-state index contributed by atoms with van der Waals surface area (Å²) < 4.78 is 0. The number of benzene rings is 1. The van der Waals surface area contributed by atoms with Gasteiger partial charge in [0.2, 0.25) is 0 Å². The molecule has 0 fully saturated rings. The molecule has 78 valence electrons. The fourth-order valence-electron chi connectivity index (χ4n) is 0.668. The van der Waals surface area contributed by atoms with Crippen LogP contribution in [0, 0.1) is 11.3 Å². The third kappa shape index (κ3) is 6.51. The lowest BCUT2D eigenvalue weighted by molar-refractivity contribution is 1.38. The zero-order chi connectivity index (χ0) is 11.4. The Bertz CT molecular complexity index is 246. The topological polar surface area (TPSA) is 23.8 Å². The van der Waals surface area contributed by atoms with Crippen molar-refractivity contribution in [2.24, 2.45) is 0 Å². The van der Waals surface area contributed by atoms with Crippen LogP contribution in [-0.2, 0) is 5.88 Å². The van der Waals surface area contributed by atoms with Gasteiger partial charge in [0.25, 0.3) is 0 Å². The molecule has 0 atom stereocenters. The molecule has 0 saturated heterocycles. The first-order valence-corrected chi connectivity index (χ1v) is 5.45. The Balaban J connectivity index is 0. The minimum Gasteiger partial charge on any atom is -0.192 e. The molecule has 0 heterocycles. The molecule has 1 nitrogen and oxygen atoms in total. The number of halogens is 1. The molecule has 0 bridgehead atoms. The highest BCUT2D eigenvalue weighted by molar-refractivity contribution is 6.17. The van der Waals surface area contributed by atoms with Gasteiger partial charge in [-0.15, -0.1) is 11.6 Å². The second-order valence-corrected chi connectivity index (χ2v) is 2.21. The van der Waals surface area contributed by atoms with Crippen LogP contribution in [-0.4, -0.2) is 0 Å². The number of nitrogens with zero attached hydrogens (tertiary/aromatic N) is 1. The van der Waals surface area contributed by atoms with Gasteiger partial charge in [0, 0.05) is 5.88 Å². The molecule has 0 spiro atoms. The molecular weight excluding hydrogens is 194 g/mol. The van der Waals surface area contributed by atoms with Gasteiger partial charge >= 0.3 is 0 Å². The Kier molecular flexibility index (Phi) is 13.3. The number of rotatable bonds is 1. The average Bonchev–Trinajstić information content (AvgIpc) is 2.34. The van der Waals surface area contributed by atoms with Crippen molar-refractivity contribution in [3.05, 3.63) is 35.4 Å². The van der Waals surface area contributed by atoms with Crippen molar-refractivity contribution in [1.29, 1.82) is 5.26 Å². The Labute approximate surface area is 92.3 Å². The minimum absolute atomic E-state index is 0.506. The third-order valence-electron chi connectivity index (χ3n) is 1.24. The summed E-state index contributed by atoms with van der Waals surface area (Å²) in [7, 11) is 0. The monoisotopic (exact) mass is 211 g/mol. The molecule has 14 heavy (non-hydrogen) atoms. The standard InChI is InChI=1S/C8H6ClN.2C2H6/c9-5-7-1-3-8(6-10)4-2-7;2*1-2/h1-4H,5H2;2*1-2H3. The van der Waals surface area contributed by atoms with Crippen molar-refractivity contribution in [2.45, 2.75) is 33.6 Å². The average molecular weight is 212 g/mol. The molecule has 0 saturated carbocycles. The van der Waals surface area contributed by atoms with E-state index in [2.05, 4.69) is 0 Å². The van der Waals surface area contributed by atoms with Gasteiger partial charge in [-0.1, -0.05) is 39.8 Å². The van der Waals surface area contributed by atoms with Gasteiger partial charge in [-0.2, -0.15) is 5.26 Å². The van der Waals surface area contributed by atoms with Crippen LogP contribution in [0.4, 0.5) is 0 Å². The first-order chi connectivity index (χ1) is 6.86. The molecular formula is C12H18ClN. The maximum Gasteiger partial charge on any atom is 0.0991 e. The lowest BCUT2D eigenvalue weighted by Crippen LogP contribution is -1.77. The quantitative estimate of drug-likeness (QED) is 0.634. The van der Waals surface area contributed by atoms with Crippen molar-refractivity contribution < 1.29 is 0 Å². The van der Waals surface area contributed by atoms with E-state index in [1.54, 1.807) is 12.1 Å². The van der Waals surface area contributed by atoms with Gasteiger partial charge in [0.05, 0.1) is 11.6 Å². The van der Waals surface area contributed by atoms with Gasteiger partial charge in [0.1, 0.15) is 0 Å². The molecule has 2 heteroatoms. The molecule has 1 aromatic rings. The lowest BCUT2D eigenvalue weighted by atomic mass is 10.2. The molecule has 0 radical (unpaired) electrons. The normalized spacial score (nSPS) is 7.14. The fraction of sp³-hybridized carbons (Fsp3) is 0.417. The second kappa shape index (κ2) is 12.0. The molecule has 1 aromatic carbocycles. The highest BCUT2D eigenvalue weighted by Crippen LogP contribution is 2.05. The van der Waals surface area contributed by atoms with Crippen LogP contribution in [0.2, 0.25) is 0 Å². The maximum absolute atomic E-state index is 8.42. The van der Waals surface area contributed by atoms with Crippen LogP contribution in [0.3, 0.4) is 0 Å². The molecule has 0 aliphatic rings. The summed E-state index contributed by atoms with van der Waals surface area (Å²) in [6, 6.07) is 9.26. The van der Waals surface area contributed by atoms with Crippen molar-refractivity contribution in [3.63, 3.8) is 0 Å². The second-order valence-electron chi connectivity index (χ2n) is 1.94. The Hall–Kier alpha value is -1.00. The number of hydrogen-bond acceptors (Lipinski definition) is 1. The highest BCUT2D eigenvalue weighted by atomic mass is 35.5. The van der Waals surface area contributed by atoms with E-state index < -0.39 is 0 Å². The highest BCUT2D eigenvalue weighted by Gasteiger charge is 1.89. The molecule has 0 unspecified atom stereocenters. The van der Waals surface area contributed by atoms with E-state index in [-0.39, 0.29) is 0 Å². The molecule has 0 amide bonds.